The second kappa shape index (κ2) is 5.51. The smallest absolute Gasteiger partial charge is 0.155 e. The first-order chi connectivity index (χ1) is 4.31. The van der Waals surface area contributed by atoms with Crippen molar-refractivity contribution in [3.05, 3.63) is 12.2 Å². The second-order valence-electron chi connectivity index (χ2n) is 1.80. The van der Waals surface area contributed by atoms with Crippen LogP contribution in [0.5, 0.6) is 0 Å². The Morgan fingerprint density at radius 3 is 2.78 bits per heavy atom. The molecular weight excluding hydrogens is 114 g/mol. The van der Waals surface area contributed by atoms with E-state index in [9.17, 15) is 4.79 Å². The van der Waals surface area contributed by atoms with Crippen LogP contribution in [0.3, 0.4) is 0 Å². The van der Waals surface area contributed by atoms with Gasteiger partial charge in [0.1, 0.15) is 0 Å². The lowest BCUT2D eigenvalue weighted by molar-refractivity contribution is -0.114. The largest absolute Gasteiger partial charge is 0.330 e. The fraction of sp³-hybridized carbons (Fsp3) is 0.571. The molecule has 0 aliphatic carbocycles. The third-order valence-corrected chi connectivity index (χ3v) is 0.986. The maximum Gasteiger partial charge on any atom is 0.155 e. The summed E-state index contributed by atoms with van der Waals surface area (Å²) in [7, 11) is 0. The van der Waals surface area contributed by atoms with Gasteiger partial charge in [0.2, 0.25) is 0 Å². The number of carbonyl (C=O) groups is 1. The first-order valence-electron chi connectivity index (χ1n) is 3.20. The molecule has 2 heteroatoms. The molecule has 0 fully saturated rings. The molecule has 0 saturated heterocycles. The summed E-state index contributed by atoms with van der Waals surface area (Å²) in [6, 6.07) is 0. The van der Waals surface area contributed by atoms with Gasteiger partial charge in [-0.15, -0.1) is 0 Å². The fourth-order valence-corrected chi connectivity index (χ4v) is 0.429. The lowest BCUT2D eigenvalue weighted by atomic mass is 10.2. The number of nitrogens with two attached hydrogens (primary N) is 1. The molecule has 0 aromatic rings. The summed E-state index contributed by atoms with van der Waals surface area (Å²) >= 11 is 0. The van der Waals surface area contributed by atoms with Crippen molar-refractivity contribution in [1.29, 1.82) is 0 Å². The Bertz CT molecular complexity index is 107. The van der Waals surface area contributed by atoms with E-state index >= 15 is 0 Å². The van der Waals surface area contributed by atoms with Crippen molar-refractivity contribution >= 4 is 5.78 Å². The molecule has 0 aliphatic rings. The van der Waals surface area contributed by atoms with Crippen LogP contribution in [0.25, 0.3) is 0 Å². The van der Waals surface area contributed by atoms with Crippen LogP contribution >= 0.6 is 0 Å². The van der Waals surface area contributed by atoms with Crippen LogP contribution in [0, 0.1) is 0 Å². The summed E-state index contributed by atoms with van der Waals surface area (Å²) in [5, 5.41) is 0. The van der Waals surface area contributed by atoms with Crippen LogP contribution in [0.1, 0.15) is 19.8 Å². The molecule has 0 spiro atoms. The average molecular weight is 127 g/mol. The fourth-order valence-electron chi connectivity index (χ4n) is 0.429. The van der Waals surface area contributed by atoms with Crippen molar-refractivity contribution in [3.8, 4) is 0 Å². The quantitative estimate of drug-likeness (QED) is 0.569. The number of ketones is 1. The monoisotopic (exact) mass is 127 g/mol. The molecule has 0 radical (unpaired) electrons. The molecule has 0 bridgehead atoms. The van der Waals surface area contributed by atoms with Crippen molar-refractivity contribution in [2.45, 2.75) is 19.8 Å². The Morgan fingerprint density at radius 1 is 1.67 bits per heavy atom. The van der Waals surface area contributed by atoms with Gasteiger partial charge in [-0.2, -0.15) is 0 Å². The third kappa shape index (κ3) is 5.24. The zero-order valence-corrected chi connectivity index (χ0v) is 5.76. The number of rotatable bonds is 4. The van der Waals surface area contributed by atoms with E-state index in [0.29, 0.717) is 13.0 Å². The second-order valence-corrected chi connectivity index (χ2v) is 1.80. The van der Waals surface area contributed by atoms with E-state index in [2.05, 4.69) is 0 Å². The highest BCUT2D eigenvalue weighted by atomic mass is 16.1. The normalized spacial score (nSPS) is 10.4. The number of hydrogen-bond acceptors (Lipinski definition) is 2. The zero-order chi connectivity index (χ0) is 7.11. The van der Waals surface area contributed by atoms with E-state index in [1.165, 1.54) is 0 Å². The highest BCUT2D eigenvalue weighted by Crippen LogP contribution is 1.84. The van der Waals surface area contributed by atoms with Crippen LogP contribution in [0.2, 0.25) is 0 Å². The van der Waals surface area contributed by atoms with Crippen LogP contribution in [0.4, 0.5) is 0 Å². The summed E-state index contributed by atoms with van der Waals surface area (Å²) in [6.45, 7) is 2.46. The van der Waals surface area contributed by atoms with Gasteiger partial charge in [-0.1, -0.05) is 13.0 Å². The van der Waals surface area contributed by atoms with Crippen LogP contribution < -0.4 is 5.73 Å². The van der Waals surface area contributed by atoms with Crippen molar-refractivity contribution in [2.75, 3.05) is 6.54 Å². The molecule has 9 heavy (non-hydrogen) atoms. The minimum atomic E-state index is 0.170. The zero-order valence-electron chi connectivity index (χ0n) is 5.76. The minimum absolute atomic E-state index is 0.170. The van der Waals surface area contributed by atoms with Crippen molar-refractivity contribution < 1.29 is 4.79 Å². The molecular formula is C7H13NO. The molecule has 0 saturated carbocycles. The minimum Gasteiger partial charge on any atom is -0.330 e. The van der Waals surface area contributed by atoms with Gasteiger partial charge in [-0.25, -0.2) is 0 Å². The lowest BCUT2D eigenvalue weighted by Crippen LogP contribution is -1.96. The van der Waals surface area contributed by atoms with E-state index in [1.807, 2.05) is 13.0 Å². The van der Waals surface area contributed by atoms with E-state index < -0.39 is 0 Å². The first kappa shape index (κ1) is 8.37. The maximum atomic E-state index is 10.6. The van der Waals surface area contributed by atoms with Crippen molar-refractivity contribution in [2.24, 2.45) is 5.73 Å². The molecule has 0 rings (SSSR count). The van der Waals surface area contributed by atoms with Crippen LogP contribution in [-0.2, 0) is 4.79 Å². The topological polar surface area (TPSA) is 43.1 Å². The van der Waals surface area contributed by atoms with Gasteiger partial charge in [0.15, 0.2) is 5.78 Å². The number of hydrogen-bond donors (Lipinski definition) is 1. The highest BCUT2D eigenvalue weighted by molar-refractivity contribution is 5.89. The summed E-state index contributed by atoms with van der Waals surface area (Å²) in [5.41, 5.74) is 5.19. The first-order valence-corrected chi connectivity index (χ1v) is 3.20. The maximum absolute atomic E-state index is 10.6. The van der Waals surface area contributed by atoms with E-state index in [0.717, 1.165) is 6.42 Å². The molecule has 52 valence electrons. The van der Waals surface area contributed by atoms with E-state index in [4.69, 9.17) is 5.73 Å². The van der Waals surface area contributed by atoms with Gasteiger partial charge in [0.25, 0.3) is 0 Å². The molecule has 0 unspecified atom stereocenters. The SMILES string of the molecule is CCC(=O)/C=C/CCN. The van der Waals surface area contributed by atoms with Gasteiger partial charge in [0, 0.05) is 6.42 Å². The number of allylic oxidation sites excluding steroid dienone is 1. The van der Waals surface area contributed by atoms with Gasteiger partial charge < -0.3 is 5.73 Å². The molecule has 0 atom stereocenters. The van der Waals surface area contributed by atoms with Crippen LogP contribution in [0.15, 0.2) is 12.2 Å². The standard InChI is InChI=1S/C7H13NO/c1-2-7(9)5-3-4-6-8/h3,5H,2,4,6,8H2,1H3/b5-3+. The van der Waals surface area contributed by atoms with E-state index in [1.54, 1.807) is 6.08 Å². The van der Waals surface area contributed by atoms with Gasteiger partial charge in [-0.3, -0.25) is 4.79 Å². The van der Waals surface area contributed by atoms with E-state index in [-0.39, 0.29) is 5.78 Å². The highest BCUT2D eigenvalue weighted by Gasteiger charge is 1.86. The number of carbonyl (C=O) groups excluding carboxylic acids is 1. The lowest BCUT2D eigenvalue weighted by Gasteiger charge is -1.84. The van der Waals surface area contributed by atoms with Gasteiger partial charge in [0.05, 0.1) is 0 Å². The molecule has 0 aromatic heterocycles. The summed E-state index contributed by atoms with van der Waals surface area (Å²) in [6.07, 6.45) is 4.78. The molecule has 0 aromatic carbocycles. The van der Waals surface area contributed by atoms with Gasteiger partial charge in [-0.05, 0) is 19.0 Å². The van der Waals surface area contributed by atoms with Gasteiger partial charge >= 0.3 is 0 Å². The molecule has 0 amide bonds. The molecule has 2 nitrogen and oxygen atoms in total. The molecule has 0 heterocycles. The average Bonchev–Trinajstić information content (AvgIpc) is 1.89. The predicted molar refractivity (Wildman–Crippen MR) is 38.1 cm³/mol. The summed E-state index contributed by atoms with van der Waals surface area (Å²) < 4.78 is 0. The molecule has 0 aliphatic heterocycles. The Hall–Kier alpha value is -0.630. The third-order valence-electron chi connectivity index (χ3n) is 0.986. The van der Waals surface area contributed by atoms with Crippen molar-refractivity contribution in [3.63, 3.8) is 0 Å². The Morgan fingerprint density at radius 2 is 2.33 bits per heavy atom. The Labute approximate surface area is 55.7 Å². The Kier molecular flexibility index (Phi) is 5.12. The van der Waals surface area contributed by atoms with Crippen LogP contribution in [-0.4, -0.2) is 12.3 Å². The van der Waals surface area contributed by atoms with Crippen molar-refractivity contribution in [1.82, 2.24) is 0 Å². The summed E-state index contributed by atoms with van der Waals surface area (Å²) in [5.74, 6) is 0.170. The molecule has 2 N–H and O–H groups in total. The summed E-state index contributed by atoms with van der Waals surface area (Å²) in [4.78, 5) is 10.6. The Balaban J connectivity index is 3.32. The predicted octanol–water partition coefficient (Wildman–Crippen LogP) is 0.871.